The Balaban J connectivity index is 0.00000364. The molecule has 0 radical (unpaired) electrons. The molecule has 2 heterocycles. The van der Waals surface area contributed by atoms with Crippen LogP contribution < -0.4 is 27.7 Å². The molecule has 6 aromatic rings. The van der Waals surface area contributed by atoms with E-state index >= 15 is 0 Å². The molecule has 2 fully saturated rings. The van der Waals surface area contributed by atoms with Gasteiger partial charge >= 0.3 is 10.9 Å². The number of benzene rings is 6. The number of hydrogen-bond acceptors (Lipinski definition) is 0. The Hall–Kier alpha value is -4.08. The summed E-state index contributed by atoms with van der Waals surface area (Å²) in [5.74, 6) is 0. The summed E-state index contributed by atoms with van der Waals surface area (Å²) in [6.45, 7) is 0. The molecule has 6 aromatic carbocycles. The zero-order chi connectivity index (χ0) is 31.5. The standard InChI is InChI=1S/C44H38NP2.ClH/c1-7-19-35(20-8-1)43(36-21-9-2-10-22-36)31-33-46(39-27-15-5-16-28-39)41(43)45-42-44(37-23-11-3-12-24-37,38-25-13-4-14-26-38)32-34-47(42)40-29-17-6-18-30-40;/h1-30H,31-34H2;1H/q+1;/p-1. The van der Waals surface area contributed by atoms with E-state index in [-0.39, 0.29) is 23.2 Å². The Labute approximate surface area is 293 Å². The smallest absolute Gasteiger partial charge is 0.318 e. The second kappa shape index (κ2) is 14.2. The highest BCUT2D eigenvalue weighted by Gasteiger charge is 2.59. The SMILES string of the molecule is [Cl-].c1ccc(P2CCC(c3ccccc3)(c3ccccc3)C2=[N+]=C2P(c3ccccc3)CCC2(c2ccccc2)c2ccccc2)cc1. The molecule has 0 bridgehead atoms. The van der Waals surface area contributed by atoms with E-state index in [2.05, 4.69) is 182 Å². The van der Waals surface area contributed by atoms with Crippen molar-refractivity contribution in [3.8, 4) is 0 Å². The van der Waals surface area contributed by atoms with Crippen molar-refractivity contribution in [1.29, 1.82) is 0 Å². The van der Waals surface area contributed by atoms with Crippen molar-refractivity contribution in [2.45, 2.75) is 23.7 Å². The molecule has 8 rings (SSSR count). The van der Waals surface area contributed by atoms with Gasteiger partial charge in [0.15, 0.2) is 0 Å². The van der Waals surface area contributed by atoms with Crippen LogP contribution in [0.5, 0.6) is 0 Å². The molecule has 0 aromatic heterocycles. The molecule has 2 unspecified atom stereocenters. The van der Waals surface area contributed by atoms with Crippen LogP contribution in [0.25, 0.3) is 0 Å². The highest BCUT2D eigenvalue weighted by Crippen LogP contribution is 2.59. The quantitative estimate of drug-likeness (QED) is 0.146. The molecule has 0 spiro atoms. The minimum atomic E-state index is -0.683. The zero-order valence-corrected chi connectivity index (χ0v) is 29.4. The number of halogens is 1. The van der Waals surface area contributed by atoms with Crippen molar-refractivity contribution in [1.82, 2.24) is 4.67 Å². The first-order chi connectivity index (χ1) is 23.3. The van der Waals surface area contributed by atoms with E-state index in [1.54, 1.807) is 0 Å². The van der Waals surface area contributed by atoms with E-state index < -0.39 is 15.8 Å². The Kier molecular flexibility index (Phi) is 9.59. The lowest BCUT2D eigenvalue weighted by molar-refractivity contribution is -0.00000897. The van der Waals surface area contributed by atoms with Gasteiger partial charge in [0.05, 0.1) is 0 Å². The minimum absolute atomic E-state index is 0. The fourth-order valence-corrected chi connectivity index (χ4v) is 13.7. The molecule has 0 amide bonds. The minimum Gasteiger partial charge on any atom is -1.00 e. The monoisotopic (exact) mass is 677 g/mol. The topological polar surface area (TPSA) is 14.1 Å². The molecule has 236 valence electrons. The van der Waals surface area contributed by atoms with E-state index in [0.717, 1.165) is 25.2 Å². The lowest BCUT2D eigenvalue weighted by Crippen LogP contribution is -3.00. The van der Waals surface area contributed by atoms with Crippen LogP contribution in [0.1, 0.15) is 35.1 Å². The molecule has 2 atom stereocenters. The highest BCUT2D eigenvalue weighted by molar-refractivity contribution is 7.84. The molecule has 0 N–H and O–H groups in total. The first-order valence-electron chi connectivity index (χ1n) is 16.6. The molecular formula is C44H38ClNP2. The third kappa shape index (κ3) is 5.60. The van der Waals surface area contributed by atoms with Gasteiger partial charge < -0.3 is 12.4 Å². The van der Waals surface area contributed by atoms with Crippen LogP contribution in [0.2, 0.25) is 0 Å². The van der Waals surface area contributed by atoms with Gasteiger partial charge in [-0.25, -0.2) is 0 Å². The van der Waals surface area contributed by atoms with E-state index in [0.29, 0.717) is 0 Å². The van der Waals surface area contributed by atoms with Crippen LogP contribution in [0, 0.1) is 0 Å². The van der Waals surface area contributed by atoms with Gasteiger partial charge in [-0.3, -0.25) is 0 Å². The van der Waals surface area contributed by atoms with Gasteiger partial charge in [0.2, 0.25) is 0 Å². The summed E-state index contributed by atoms with van der Waals surface area (Å²) in [6, 6.07) is 67.4. The highest BCUT2D eigenvalue weighted by atomic mass is 35.5. The van der Waals surface area contributed by atoms with Crippen LogP contribution in [-0.2, 0) is 10.8 Å². The molecule has 0 saturated carbocycles. The van der Waals surface area contributed by atoms with E-state index in [4.69, 9.17) is 4.67 Å². The fourth-order valence-electron chi connectivity index (χ4n) is 7.90. The predicted molar refractivity (Wildman–Crippen MR) is 204 cm³/mol. The lowest BCUT2D eigenvalue weighted by Gasteiger charge is -2.28. The van der Waals surface area contributed by atoms with Crippen molar-refractivity contribution in [2.75, 3.05) is 12.3 Å². The van der Waals surface area contributed by atoms with Crippen molar-refractivity contribution < 1.29 is 12.4 Å². The maximum atomic E-state index is 6.29. The summed E-state index contributed by atoms with van der Waals surface area (Å²) in [7, 11) is -1.37. The molecule has 48 heavy (non-hydrogen) atoms. The van der Waals surface area contributed by atoms with Gasteiger partial charge in [-0.1, -0.05) is 187 Å². The second-order valence-corrected chi connectivity index (χ2v) is 17.0. The first kappa shape index (κ1) is 32.5. The zero-order valence-electron chi connectivity index (χ0n) is 26.9. The van der Waals surface area contributed by atoms with Crippen LogP contribution in [0.15, 0.2) is 182 Å². The molecular weight excluding hydrogens is 640 g/mol. The Morgan fingerprint density at radius 1 is 0.354 bits per heavy atom. The van der Waals surface area contributed by atoms with Crippen molar-refractivity contribution >= 4 is 37.4 Å². The average molecular weight is 678 g/mol. The van der Waals surface area contributed by atoms with Crippen molar-refractivity contribution in [3.05, 3.63) is 204 Å². The summed E-state index contributed by atoms with van der Waals surface area (Å²) < 4.78 is 6.29. The van der Waals surface area contributed by atoms with E-state index in [9.17, 15) is 0 Å². The molecule has 1 nitrogen and oxygen atoms in total. The Bertz CT molecular complexity index is 1790. The van der Waals surface area contributed by atoms with E-state index in [1.165, 1.54) is 43.8 Å². The van der Waals surface area contributed by atoms with Gasteiger partial charge in [-0.15, -0.1) is 0 Å². The Morgan fingerprint density at radius 3 is 0.875 bits per heavy atom. The molecule has 4 heteroatoms. The average Bonchev–Trinajstić information content (AvgIpc) is 3.74. The Morgan fingerprint density at radius 2 is 0.604 bits per heavy atom. The molecule has 0 aliphatic carbocycles. The second-order valence-electron chi connectivity index (χ2n) is 12.5. The van der Waals surface area contributed by atoms with Crippen molar-refractivity contribution in [2.24, 2.45) is 0 Å². The first-order valence-corrected chi connectivity index (χ1v) is 19.7. The molecule has 2 aliphatic heterocycles. The van der Waals surface area contributed by atoms with Crippen LogP contribution in [-0.4, -0.2) is 23.2 Å². The van der Waals surface area contributed by atoms with Crippen molar-refractivity contribution in [3.63, 3.8) is 0 Å². The fraction of sp³-hybridized carbons (Fsp3) is 0.136. The summed E-state index contributed by atoms with van der Waals surface area (Å²) in [5, 5.41) is 2.84. The van der Waals surface area contributed by atoms with Crippen LogP contribution in [0.4, 0.5) is 0 Å². The number of nitrogens with zero attached hydrogens (tertiary/aromatic N) is 1. The summed E-state index contributed by atoms with van der Waals surface area (Å²) in [4.78, 5) is 0. The predicted octanol–water partition coefficient (Wildman–Crippen LogP) is 6.25. The summed E-state index contributed by atoms with van der Waals surface area (Å²) >= 11 is 0. The largest absolute Gasteiger partial charge is 1.00 e. The molecule has 2 saturated heterocycles. The van der Waals surface area contributed by atoms with Gasteiger partial charge in [0.1, 0.15) is 10.8 Å². The van der Waals surface area contributed by atoms with Gasteiger partial charge in [0, 0.05) is 15.8 Å². The number of rotatable bonds is 6. The summed E-state index contributed by atoms with van der Waals surface area (Å²) in [6.07, 6.45) is 4.31. The normalized spacial score (nSPS) is 19.3. The number of hydrogen-bond donors (Lipinski definition) is 0. The van der Waals surface area contributed by atoms with Crippen LogP contribution in [0.3, 0.4) is 0 Å². The van der Waals surface area contributed by atoms with Gasteiger partial charge in [-0.2, -0.15) is 0 Å². The lowest BCUT2D eigenvalue weighted by atomic mass is 9.72. The molecule has 2 aliphatic rings. The van der Waals surface area contributed by atoms with Gasteiger partial charge in [-0.05, 0) is 58.0 Å². The van der Waals surface area contributed by atoms with Crippen LogP contribution >= 0.6 is 15.8 Å². The summed E-state index contributed by atoms with van der Waals surface area (Å²) in [5.41, 5.74) is 7.47. The maximum absolute atomic E-state index is 6.29. The van der Waals surface area contributed by atoms with E-state index in [1.807, 2.05) is 0 Å². The maximum Gasteiger partial charge on any atom is 0.318 e. The van der Waals surface area contributed by atoms with Gasteiger partial charge in [0.25, 0.3) is 0 Å². The third-order valence-corrected chi connectivity index (χ3v) is 15.3. The third-order valence-electron chi connectivity index (χ3n) is 10.1.